The molecule has 0 heterocycles. The van der Waals surface area contributed by atoms with E-state index in [-0.39, 0.29) is 11.3 Å². The van der Waals surface area contributed by atoms with Crippen molar-refractivity contribution in [1.29, 1.82) is 0 Å². The van der Waals surface area contributed by atoms with Gasteiger partial charge in [-0.05, 0) is 6.42 Å². The second-order valence-corrected chi connectivity index (χ2v) is 3.86. The molecule has 0 spiro atoms. The lowest BCUT2D eigenvalue weighted by Crippen LogP contribution is -2.35. The third-order valence-electron chi connectivity index (χ3n) is 1.50. The van der Waals surface area contributed by atoms with Crippen LogP contribution >= 0.6 is 0 Å². The van der Waals surface area contributed by atoms with Crippen LogP contribution in [0.2, 0.25) is 0 Å². The lowest BCUT2D eigenvalue weighted by molar-refractivity contribution is -0.128. The van der Waals surface area contributed by atoms with Gasteiger partial charge in [0.2, 0.25) is 5.91 Å². The highest BCUT2D eigenvalue weighted by Gasteiger charge is 2.19. The molecule has 0 aliphatic rings. The molecule has 0 aliphatic carbocycles. The molecular weight excluding hydrogens is 162 g/mol. The van der Waals surface area contributed by atoms with E-state index in [1.54, 1.807) is 0 Å². The highest BCUT2D eigenvalue weighted by atomic mass is 16.2. The smallest absolute Gasteiger partial charge is 0.225 e. The zero-order chi connectivity index (χ0) is 10.9. The molecule has 0 aliphatic heterocycles. The topological polar surface area (TPSA) is 29.1 Å². The van der Waals surface area contributed by atoms with E-state index in [9.17, 15) is 4.79 Å². The Morgan fingerprint density at radius 1 is 1.23 bits per heavy atom. The van der Waals surface area contributed by atoms with Crippen molar-refractivity contribution in [2.24, 2.45) is 5.41 Å². The predicted molar refractivity (Wildman–Crippen MR) is 58.7 cm³/mol. The molecule has 0 unspecified atom stereocenters. The number of carbonyl (C=O) groups excluding carboxylic acids is 1. The number of rotatable bonds is 3. The first-order valence-electron chi connectivity index (χ1n) is 5.26. The minimum Gasteiger partial charge on any atom is -0.356 e. The van der Waals surface area contributed by atoms with E-state index < -0.39 is 0 Å². The average Bonchev–Trinajstić information content (AvgIpc) is 2.07. The Hall–Kier alpha value is -0.530. The number of unbranched alkanes of at least 4 members (excludes halogenated alkanes) is 1. The fourth-order valence-electron chi connectivity index (χ4n) is 0.644. The monoisotopic (exact) mass is 187 g/mol. The predicted octanol–water partition coefficient (Wildman–Crippen LogP) is 2.98. The first kappa shape index (κ1) is 15.0. The molecule has 0 saturated heterocycles. The van der Waals surface area contributed by atoms with E-state index in [1.165, 1.54) is 0 Å². The maximum absolute atomic E-state index is 11.2. The van der Waals surface area contributed by atoms with Crippen LogP contribution in [0.4, 0.5) is 0 Å². The molecule has 0 saturated carbocycles. The lowest BCUT2D eigenvalue weighted by Gasteiger charge is -2.17. The molecule has 2 nitrogen and oxygen atoms in total. The highest BCUT2D eigenvalue weighted by Crippen LogP contribution is 2.11. The van der Waals surface area contributed by atoms with Gasteiger partial charge in [0.1, 0.15) is 0 Å². The quantitative estimate of drug-likeness (QED) is 0.676. The molecule has 0 aromatic rings. The molecule has 0 rings (SSSR count). The van der Waals surface area contributed by atoms with Crippen LogP contribution in [0.1, 0.15) is 54.4 Å². The molecule has 2 heteroatoms. The van der Waals surface area contributed by atoms with Crippen LogP contribution < -0.4 is 5.32 Å². The minimum atomic E-state index is -0.242. The Kier molecular flexibility index (Phi) is 9.31. The third kappa shape index (κ3) is 9.38. The van der Waals surface area contributed by atoms with Crippen molar-refractivity contribution in [1.82, 2.24) is 5.32 Å². The molecule has 0 atom stereocenters. The lowest BCUT2D eigenvalue weighted by atomic mass is 9.96. The zero-order valence-corrected chi connectivity index (χ0v) is 10.0. The fraction of sp³-hybridized carbons (Fsp3) is 0.909. The molecule has 0 aromatic carbocycles. The van der Waals surface area contributed by atoms with E-state index in [1.807, 2.05) is 34.6 Å². The Balaban J connectivity index is 0. The van der Waals surface area contributed by atoms with Gasteiger partial charge in [-0.1, -0.05) is 48.0 Å². The Bertz CT molecular complexity index is 125. The summed E-state index contributed by atoms with van der Waals surface area (Å²) >= 11 is 0. The van der Waals surface area contributed by atoms with Gasteiger partial charge in [0, 0.05) is 12.0 Å². The normalized spacial score (nSPS) is 10.0. The van der Waals surface area contributed by atoms with Crippen LogP contribution in [0.25, 0.3) is 0 Å². The maximum atomic E-state index is 11.2. The van der Waals surface area contributed by atoms with Crippen molar-refractivity contribution in [2.75, 3.05) is 6.54 Å². The summed E-state index contributed by atoms with van der Waals surface area (Å²) in [6, 6.07) is 0. The van der Waals surface area contributed by atoms with Gasteiger partial charge in [0.25, 0.3) is 0 Å². The summed E-state index contributed by atoms with van der Waals surface area (Å²) in [6.07, 6.45) is 2.20. The van der Waals surface area contributed by atoms with Crippen molar-refractivity contribution >= 4 is 5.91 Å². The summed E-state index contributed by atoms with van der Waals surface area (Å²) in [7, 11) is 0. The van der Waals surface area contributed by atoms with Crippen molar-refractivity contribution in [2.45, 2.75) is 54.4 Å². The van der Waals surface area contributed by atoms with Crippen LogP contribution in [0, 0.1) is 5.41 Å². The first-order valence-corrected chi connectivity index (χ1v) is 5.26. The molecule has 0 radical (unpaired) electrons. The van der Waals surface area contributed by atoms with Crippen molar-refractivity contribution < 1.29 is 4.79 Å². The van der Waals surface area contributed by atoms with E-state index in [0.29, 0.717) is 0 Å². The van der Waals surface area contributed by atoms with E-state index in [4.69, 9.17) is 0 Å². The largest absolute Gasteiger partial charge is 0.356 e. The summed E-state index contributed by atoms with van der Waals surface area (Å²) in [5, 5.41) is 2.88. The highest BCUT2D eigenvalue weighted by molar-refractivity contribution is 5.81. The number of carbonyl (C=O) groups is 1. The summed E-state index contributed by atoms with van der Waals surface area (Å²) in [6.45, 7) is 12.7. The maximum Gasteiger partial charge on any atom is 0.225 e. The molecule has 80 valence electrons. The van der Waals surface area contributed by atoms with Gasteiger partial charge >= 0.3 is 0 Å². The fourth-order valence-corrected chi connectivity index (χ4v) is 0.644. The van der Waals surface area contributed by atoms with Crippen LogP contribution in [-0.2, 0) is 4.79 Å². The van der Waals surface area contributed by atoms with Crippen molar-refractivity contribution in [3.05, 3.63) is 0 Å². The van der Waals surface area contributed by atoms with E-state index in [0.717, 1.165) is 19.4 Å². The van der Waals surface area contributed by atoms with Gasteiger partial charge in [0.15, 0.2) is 0 Å². The van der Waals surface area contributed by atoms with Crippen LogP contribution in [0.15, 0.2) is 0 Å². The van der Waals surface area contributed by atoms with E-state index >= 15 is 0 Å². The van der Waals surface area contributed by atoms with Crippen molar-refractivity contribution in [3.63, 3.8) is 0 Å². The summed E-state index contributed by atoms with van der Waals surface area (Å²) < 4.78 is 0. The van der Waals surface area contributed by atoms with Gasteiger partial charge in [-0.3, -0.25) is 4.79 Å². The summed E-state index contributed by atoms with van der Waals surface area (Å²) in [5.74, 6) is 0.144. The molecule has 1 N–H and O–H groups in total. The third-order valence-corrected chi connectivity index (χ3v) is 1.50. The average molecular weight is 187 g/mol. The zero-order valence-electron chi connectivity index (χ0n) is 10.0. The van der Waals surface area contributed by atoms with E-state index in [2.05, 4.69) is 12.2 Å². The Morgan fingerprint density at radius 2 is 1.69 bits per heavy atom. The molecular formula is C11H25NO. The standard InChI is InChI=1S/C9H19NO.C2H6/c1-5-6-7-10-8(11)9(2,3)4;1-2/h5-7H2,1-4H3,(H,10,11);1-2H3. The summed E-state index contributed by atoms with van der Waals surface area (Å²) in [5.41, 5.74) is -0.242. The number of hydrogen-bond donors (Lipinski definition) is 1. The van der Waals surface area contributed by atoms with Gasteiger partial charge in [-0.25, -0.2) is 0 Å². The van der Waals surface area contributed by atoms with Crippen LogP contribution in [-0.4, -0.2) is 12.5 Å². The van der Waals surface area contributed by atoms with Gasteiger partial charge in [-0.15, -0.1) is 0 Å². The first-order chi connectivity index (χ1) is 5.98. The molecule has 13 heavy (non-hydrogen) atoms. The van der Waals surface area contributed by atoms with Crippen LogP contribution in [0.5, 0.6) is 0 Å². The van der Waals surface area contributed by atoms with Gasteiger partial charge in [-0.2, -0.15) is 0 Å². The van der Waals surface area contributed by atoms with Crippen molar-refractivity contribution in [3.8, 4) is 0 Å². The molecule has 1 amide bonds. The Morgan fingerprint density at radius 3 is 2.00 bits per heavy atom. The van der Waals surface area contributed by atoms with Crippen LogP contribution in [0.3, 0.4) is 0 Å². The minimum absolute atomic E-state index is 0.144. The summed E-state index contributed by atoms with van der Waals surface area (Å²) in [4.78, 5) is 11.2. The second-order valence-electron chi connectivity index (χ2n) is 3.86. The molecule has 0 bridgehead atoms. The number of hydrogen-bond acceptors (Lipinski definition) is 1. The van der Waals surface area contributed by atoms with Gasteiger partial charge in [0.05, 0.1) is 0 Å². The molecule has 0 aromatic heterocycles. The second kappa shape index (κ2) is 8.09. The molecule has 0 fully saturated rings. The SMILES string of the molecule is CC.CCCCNC(=O)C(C)(C)C. The number of amides is 1. The number of nitrogens with one attached hydrogen (secondary N) is 1. The van der Waals surface area contributed by atoms with Gasteiger partial charge < -0.3 is 5.32 Å². The Labute approximate surface area is 83.1 Å².